The van der Waals surface area contributed by atoms with E-state index in [0.29, 0.717) is 30.0 Å². The first-order valence-corrected chi connectivity index (χ1v) is 6.73. The second kappa shape index (κ2) is 6.47. The molecule has 1 saturated heterocycles. The van der Waals surface area contributed by atoms with Crippen LogP contribution in [0, 0.1) is 0 Å². The fraction of sp³-hybridized carbons (Fsp3) is 0.467. The minimum atomic E-state index is -0.519. The number of nitrogens with zero attached hydrogens (tertiary/aromatic N) is 1. The molecule has 1 aromatic rings. The van der Waals surface area contributed by atoms with Gasteiger partial charge in [0.2, 0.25) is 0 Å². The van der Waals surface area contributed by atoms with E-state index in [1.807, 2.05) is 0 Å². The number of esters is 1. The van der Waals surface area contributed by atoms with Crippen molar-refractivity contribution in [1.29, 1.82) is 0 Å². The topological polar surface area (TPSA) is 65.1 Å². The number of hydrogen-bond acceptors (Lipinski definition) is 5. The van der Waals surface area contributed by atoms with Crippen LogP contribution in [-0.2, 0) is 9.53 Å². The van der Waals surface area contributed by atoms with E-state index < -0.39 is 6.04 Å². The molecule has 1 amide bonds. The predicted octanol–water partition coefficient (Wildman–Crippen LogP) is 1.48. The van der Waals surface area contributed by atoms with Gasteiger partial charge in [-0.3, -0.25) is 4.79 Å². The minimum absolute atomic E-state index is 0.234. The van der Waals surface area contributed by atoms with Gasteiger partial charge in [-0.05, 0) is 25.0 Å². The third-order valence-electron chi connectivity index (χ3n) is 3.63. The molecule has 0 saturated carbocycles. The Morgan fingerprint density at radius 1 is 1.19 bits per heavy atom. The molecule has 0 radical (unpaired) electrons. The van der Waals surface area contributed by atoms with E-state index in [0.717, 1.165) is 6.42 Å². The highest BCUT2D eigenvalue weighted by atomic mass is 16.5. The molecule has 1 aromatic carbocycles. The van der Waals surface area contributed by atoms with E-state index in [9.17, 15) is 9.59 Å². The maximum Gasteiger partial charge on any atom is 0.328 e. The van der Waals surface area contributed by atoms with Crippen LogP contribution in [0.4, 0.5) is 0 Å². The summed E-state index contributed by atoms with van der Waals surface area (Å²) in [5, 5.41) is 0. The molecule has 2 rings (SSSR count). The molecule has 0 spiro atoms. The molecule has 6 heteroatoms. The van der Waals surface area contributed by atoms with Crippen LogP contribution in [0.1, 0.15) is 23.2 Å². The van der Waals surface area contributed by atoms with Crippen LogP contribution in [0.15, 0.2) is 18.2 Å². The second-order valence-corrected chi connectivity index (χ2v) is 4.75. The van der Waals surface area contributed by atoms with Gasteiger partial charge in [0.1, 0.15) is 17.5 Å². The Morgan fingerprint density at radius 3 is 2.57 bits per heavy atom. The lowest BCUT2D eigenvalue weighted by Crippen LogP contribution is -2.41. The summed E-state index contributed by atoms with van der Waals surface area (Å²) in [6, 6.07) is 4.47. The minimum Gasteiger partial charge on any atom is -0.497 e. The highest BCUT2D eigenvalue weighted by Gasteiger charge is 2.36. The summed E-state index contributed by atoms with van der Waals surface area (Å²) < 4.78 is 15.1. The van der Waals surface area contributed by atoms with Gasteiger partial charge in [0, 0.05) is 12.6 Å². The molecule has 0 N–H and O–H groups in total. The number of hydrogen-bond donors (Lipinski definition) is 0. The van der Waals surface area contributed by atoms with Gasteiger partial charge in [-0.25, -0.2) is 4.79 Å². The molecule has 1 aliphatic heterocycles. The van der Waals surface area contributed by atoms with E-state index in [4.69, 9.17) is 14.2 Å². The number of carbonyl (C=O) groups excluding carboxylic acids is 2. The Kier molecular flexibility index (Phi) is 4.67. The fourth-order valence-corrected chi connectivity index (χ4v) is 2.52. The zero-order chi connectivity index (χ0) is 15.4. The monoisotopic (exact) mass is 293 g/mol. The van der Waals surface area contributed by atoms with Gasteiger partial charge in [-0.2, -0.15) is 0 Å². The fourth-order valence-electron chi connectivity index (χ4n) is 2.52. The summed E-state index contributed by atoms with van der Waals surface area (Å²) in [6.45, 7) is 0.535. The molecular formula is C15H19NO5. The SMILES string of the molecule is COC(=O)C1CCCN1C(=O)c1ccc(OC)cc1OC. The number of rotatable bonds is 4. The molecule has 1 aliphatic rings. The lowest BCUT2D eigenvalue weighted by atomic mass is 10.1. The normalized spacial score (nSPS) is 17.5. The Labute approximate surface area is 123 Å². The molecule has 0 aliphatic carbocycles. The third kappa shape index (κ3) is 2.94. The van der Waals surface area contributed by atoms with Crippen molar-refractivity contribution in [3.63, 3.8) is 0 Å². The van der Waals surface area contributed by atoms with Crippen LogP contribution >= 0.6 is 0 Å². The molecule has 1 fully saturated rings. The Balaban J connectivity index is 2.29. The van der Waals surface area contributed by atoms with Gasteiger partial charge in [-0.15, -0.1) is 0 Å². The zero-order valence-corrected chi connectivity index (χ0v) is 12.4. The van der Waals surface area contributed by atoms with Crippen LogP contribution in [0.2, 0.25) is 0 Å². The van der Waals surface area contributed by atoms with Gasteiger partial charge < -0.3 is 19.1 Å². The van der Waals surface area contributed by atoms with E-state index in [2.05, 4.69) is 0 Å². The molecule has 1 heterocycles. The average Bonchev–Trinajstić information content (AvgIpc) is 3.02. The summed E-state index contributed by atoms with van der Waals surface area (Å²) in [7, 11) is 4.37. The van der Waals surface area contributed by atoms with Crippen molar-refractivity contribution in [3.05, 3.63) is 23.8 Å². The maximum absolute atomic E-state index is 12.7. The van der Waals surface area contributed by atoms with Crippen molar-refractivity contribution in [3.8, 4) is 11.5 Å². The highest BCUT2D eigenvalue weighted by molar-refractivity contribution is 5.99. The van der Waals surface area contributed by atoms with E-state index in [-0.39, 0.29) is 11.9 Å². The van der Waals surface area contributed by atoms with Crippen molar-refractivity contribution in [2.24, 2.45) is 0 Å². The van der Waals surface area contributed by atoms with Crippen LogP contribution in [0.25, 0.3) is 0 Å². The highest BCUT2D eigenvalue weighted by Crippen LogP contribution is 2.28. The van der Waals surface area contributed by atoms with Gasteiger partial charge in [0.15, 0.2) is 0 Å². The first-order chi connectivity index (χ1) is 10.1. The number of benzene rings is 1. The maximum atomic E-state index is 12.7. The quantitative estimate of drug-likeness (QED) is 0.787. The van der Waals surface area contributed by atoms with Crippen LogP contribution < -0.4 is 9.47 Å². The van der Waals surface area contributed by atoms with E-state index in [1.54, 1.807) is 25.3 Å². The molecule has 114 valence electrons. The molecular weight excluding hydrogens is 274 g/mol. The number of methoxy groups -OCH3 is 3. The average molecular weight is 293 g/mol. The summed E-state index contributed by atoms with van der Waals surface area (Å²) in [6.07, 6.45) is 1.40. The Hall–Kier alpha value is -2.24. The Bertz CT molecular complexity index is 543. The summed E-state index contributed by atoms with van der Waals surface area (Å²) >= 11 is 0. The smallest absolute Gasteiger partial charge is 0.328 e. The van der Waals surface area contributed by atoms with Crippen molar-refractivity contribution >= 4 is 11.9 Å². The van der Waals surface area contributed by atoms with Crippen molar-refractivity contribution in [1.82, 2.24) is 4.90 Å². The number of ether oxygens (including phenoxy) is 3. The van der Waals surface area contributed by atoms with Gasteiger partial charge in [-0.1, -0.05) is 0 Å². The summed E-state index contributed by atoms with van der Waals surface area (Å²) in [4.78, 5) is 25.9. The van der Waals surface area contributed by atoms with Crippen LogP contribution in [0.5, 0.6) is 11.5 Å². The molecule has 1 unspecified atom stereocenters. The lowest BCUT2D eigenvalue weighted by molar-refractivity contribution is -0.145. The van der Waals surface area contributed by atoms with Crippen molar-refractivity contribution < 1.29 is 23.8 Å². The summed E-state index contributed by atoms with van der Waals surface area (Å²) in [5.41, 5.74) is 0.411. The third-order valence-corrected chi connectivity index (χ3v) is 3.63. The molecule has 1 atom stereocenters. The second-order valence-electron chi connectivity index (χ2n) is 4.75. The van der Waals surface area contributed by atoms with Crippen LogP contribution in [-0.4, -0.2) is 50.7 Å². The van der Waals surface area contributed by atoms with E-state index in [1.165, 1.54) is 19.1 Å². The van der Waals surface area contributed by atoms with E-state index >= 15 is 0 Å². The van der Waals surface area contributed by atoms with Gasteiger partial charge >= 0.3 is 5.97 Å². The number of amides is 1. The van der Waals surface area contributed by atoms with Crippen molar-refractivity contribution in [2.45, 2.75) is 18.9 Å². The molecule has 0 aromatic heterocycles. The van der Waals surface area contributed by atoms with Gasteiger partial charge in [0.05, 0.1) is 26.9 Å². The first-order valence-electron chi connectivity index (χ1n) is 6.73. The lowest BCUT2D eigenvalue weighted by Gasteiger charge is -2.23. The Morgan fingerprint density at radius 2 is 1.95 bits per heavy atom. The summed E-state index contributed by atoms with van der Waals surface area (Å²) in [5.74, 6) is 0.417. The number of carbonyl (C=O) groups is 2. The number of likely N-dealkylation sites (tertiary alicyclic amines) is 1. The predicted molar refractivity (Wildman–Crippen MR) is 75.6 cm³/mol. The molecule has 0 bridgehead atoms. The first kappa shape index (κ1) is 15.2. The van der Waals surface area contributed by atoms with Gasteiger partial charge in [0.25, 0.3) is 5.91 Å². The van der Waals surface area contributed by atoms with Crippen molar-refractivity contribution in [2.75, 3.05) is 27.9 Å². The largest absolute Gasteiger partial charge is 0.497 e. The zero-order valence-electron chi connectivity index (χ0n) is 12.4. The standard InChI is InChI=1S/C15H19NO5/c1-19-10-6-7-11(13(9-10)20-2)14(17)16-8-4-5-12(16)15(18)21-3/h6-7,9,12H,4-5,8H2,1-3H3. The molecule has 6 nitrogen and oxygen atoms in total. The van der Waals surface area contributed by atoms with Crippen LogP contribution in [0.3, 0.4) is 0 Å². The molecule has 21 heavy (non-hydrogen) atoms.